The summed E-state index contributed by atoms with van der Waals surface area (Å²) in [4.78, 5) is 52.2. The molecule has 12 nitrogen and oxygen atoms in total. The largest absolute Gasteiger partial charge is 0.466 e. The molecule has 0 spiro atoms. The van der Waals surface area contributed by atoms with E-state index in [0.717, 1.165) is 21.9 Å². The number of carbonyl (C=O) groups excluding carboxylic acids is 4. The molecule has 1 aromatic heterocycles. The van der Waals surface area contributed by atoms with Crippen LogP contribution in [0, 0.1) is 0 Å². The summed E-state index contributed by atoms with van der Waals surface area (Å²) >= 11 is 0. The number of aryl methyl sites for hydroxylation is 1. The van der Waals surface area contributed by atoms with Crippen molar-refractivity contribution in [3.8, 4) is 0 Å². The third-order valence-corrected chi connectivity index (χ3v) is 7.93. The van der Waals surface area contributed by atoms with E-state index in [1.54, 1.807) is 38.6 Å². The lowest BCUT2D eigenvalue weighted by molar-refractivity contribution is -0.145. The third kappa shape index (κ3) is 12.0. The summed E-state index contributed by atoms with van der Waals surface area (Å²) in [6.45, 7) is 10.9. The number of anilines is 1. The summed E-state index contributed by atoms with van der Waals surface area (Å²) in [6, 6.07) is 22.4. The lowest BCUT2D eigenvalue weighted by atomic mass is 9.92. The molecule has 4 aromatic rings. The lowest BCUT2D eigenvalue weighted by Gasteiger charge is -2.29. The van der Waals surface area contributed by atoms with E-state index in [1.165, 1.54) is 20.0 Å². The number of esters is 1. The molecule has 1 unspecified atom stereocenters. The van der Waals surface area contributed by atoms with Gasteiger partial charge in [0.2, 0.25) is 11.8 Å². The van der Waals surface area contributed by atoms with E-state index in [0.29, 0.717) is 31.7 Å². The Bertz CT molecular complexity index is 1780. The topological polar surface area (TPSA) is 150 Å². The standard InChI is InChI=1S/C39H49N5O7/c1-7-50-35(46)32(30-20-19-28-16-11-12-17-29(28)22-30)18-13-21-44-24-31(23-40-44)41-34(45)33(26-49-25-27-14-9-8-10-15-27)42-36(47)39(5,6)43-37(48)51-38(2,3)4/h8-12,14-17,19-20,22-24,32-33H,7,13,18,21,25-26H2,1-6H3,(H,41,45)(H,42,47)(H,43,48)/t32?,33-/m1/s1. The zero-order chi connectivity index (χ0) is 37.0. The Balaban J connectivity index is 1.39. The Morgan fingerprint density at radius 1 is 0.902 bits per heavy atom. The predicted molar refractivity (Wildman–Crippen MR) is 195 cm³/mol. The quantitative estimate of drug-likeness (QED) is 0.119. The van der Waals surface area contributed by atoms with Crippen molar-refractivity contribution >= 4 is 40.3 Å². The summed E-state index contributed by atoms with van der Waals surface area (Å²) in [5.74, 6) is -1.83. The van der Waals surface area contributed by atoms with Crippen molar-refractivity contribution < 1.29 is 33.4 Å². The van der Waals surface area contributed by atoms with Crippen molar-refractivity contribution in [2.24, 2.45) is 0 Å². The summed E-state index contributed by atoms with van der Waals surface area (Å²) in [6.07, 6.45) is 3.60. The Labute approximate surface area is 299 Å². The van der Waals surface area contributed by atoms with Gasteiger partial charge in [-0.3, -0.25) is 19.1 Å². The fourth-order valence-electron chi connectivity index (χ4n) is 5.33. The number of hydrogen-bond donors (Lipinski definition) is 3. The molecule has 0 saturated heterocycles. The number of alkyl carbamates (subject to hydrolysis) is 1. The molecular formula is C39H49N5O7. The minimum absolute atomic E-state index is 0.132. The van der Waals surface area contributed by atoms with Crippen molar-refractivity contribution in [3.63, 3.8) is 0 Å². The molecule has 272 valence electrons. The first-order chi connectivity index (χ1) is 24.2. The Morgan fingerprint density at radius 2 is 1.61 bits per heavy atom. The first-order valence-electron chi connectivity index (χ1n) is 17.2. The first kappa shape index (κ1) is 38.6. The molecule has 0 aliphatic carbocycles. The highest BCUT2D eigenvalue weighted by molar-refractivity contribution is 5.99. The average molecular weight is 700 g/mol. The van der Waals surface area contributed by atoms with Crippen LogP contribution in [0.1, 0.15) is 71.4 Å². The van der Waals surface area contributed by atoms with Crippen LogP contribution < -0.4 is 16.0 Å². The highest BCUT2D eigenvalue weighted by Crippen LogP contribution is 2.27. The number of benzene rings is 3. The molecule has 3 aromatic carbocycles. The van der Waals surface area contributed by atoms with Crippen LogP contribution in [0.2, 0.25) is 0 Å². The summed E-state index contributed by atoms with van der Waals surface area (Å²) in [5, 5.41) is 14.6. The summed E-state index contributed by atoms with van der Waals surface area (Å²) in [5.41, 5.74) is 0.0631. The number of amides is 3. The molecule has 0 bridgehead atoms. The van der Waals surface area contributed by atoms with Crippen LogP contribution in [0.25, 0.3) is 10.8 Å². The van der Waals surface area contributed by atoms with Crippen molar-refractivity contribution in [2.75, 3.05) is 18.5 Å². The van der Waals surface area contributed by atoms with E-state index in [4.69, 9.17) is 14.2 Å². The smallest absolute Gasteiger partial charge is 0.408 e. The maximum Gasteiger partial charge on any atom is 0.408 e. The van der Waals surface area contributed by atoms with Crippen molar-refractivity contribution in [3.05, 3.63) is 96.3 Å². The second-order valence-electron chi connectivity index (χ2n) is 13.8. The maximum absolute atomic E-state index is 13.5. The number of fused-ring (bicyclic) bond motifs is 1. The molecule has 0 radical (unpaired) electrons. The Kier molecular flexibility index (Phi) is 13.3. The van der Waals surface area contributed by atoms with Gasteiger partial charge in [0.1, 0.15) is 17.2 Å². The maximum atomic E-state index is 13.5. The number of aromatic nitrogens is 2. The second kappa shape index (κ2) is 17.6. The van der Waals surface area contributed by atoms with E-state index < -0.39 is 41.0 Å². The number of ether oxygens (including phenoxy) is 3. The molecule has 0 saturated carbocycles. The van der Waals surface area contributed by atoms with Crippen molar-refractivity contribution in [1.29, 1.82) is 0 Å². The molecule has 51 heavy (non-hydrogen) atoms. The van der Waals surface area contributed by atoms with Crippen LogP contribution in [0.4, 0.5) is 10.5 Å². The monoisotopic (exact) mass is 699 g/mol. The van der Waals surface area contributed by atoms with Gasteiger partial charge in [-0.2, -0.15) is 5.10 Å². The van der Waals surface area contributed by atoms with Crippen LogP contribution in [0.15, 0.2) is 85.2 Å². The van der Waals surface area contributed by atoms with Gasteiger partial charge in [-0.25, -0.2) is 4.79 Å². The van der Waals surface area contributed by atoms with Crippen LogP contribution in [0.5, 0.6) is 0 Å². The molecule has 1 heterocycles. The minimum atomic E-state index is -1.40. The van der Waals surface area contributed by atoms with Gasteiger partial charge < -0.3 is 30.2 Å². The van der Waals surface area contributed by atoms with Gasteiger partial charge in [-0.1, -0.05) is 72.8 Å². The number of carbonyl (C=O) groups is 4. The van der Waals surface area contributed by atoms with E-state index in [2.05, 4.69) is 21.0 Å². The molecule has 0 fully saturated rings. The zero-order valence-electron chi connectivity index (χ0n) is 30.2. The van der Waals surface area contributed by atoms with Crippen LogP contribution in [-0.2, 0) is 41.7 Å². The molecule has 0 aliphatic heterocycles. The number of rotatable bonds is 16. The molecule has 12 heteroatoms. The van der Waals surface area contributed by atoms with Gasteiger partial charge in [-0.15, -0.1) is 0 Å². The minimum Gasteiger partial charge on any atom is -0.466 e. The van der Waals surface area contributed by atoms with Gasteiger partial charge in [0.25, 0.3) is 0 Å². The molecular weight excluding hydrogens is 650 g/mol. The summed E-state index contributed by atoms with van der Waals surface area (Å²) in [7, 11) is 0. The predicted octanol–water partition coefficient (Wildman–Crippen LogP) is 6.11. The van der Waals surface area contributed by atoms with Crippen molar-refractivity contribution in [1.82, 2.24) is 20.4 Å². The number of nitrogens with one attached hydrogen (secondary N) is 3. The van der Waals surface area contributed by atoms with Gasteiger partial charge in [0.15, 0.2) is 0 Å². The summed E-state index contributed by atoms with van der Waals surface area (Å²) < 4.78 is 18.2. The average Bonchev–Trinajstić information content (AvgIpc) is 3.52. The van der Waals surface area contributed by atoms with Crippen LogP contribution in [-0.4, -0.2) is 64.1 Å². The normalized spacial score (nSPS) is 12.8. The molecule has 0 aliphatic rings. The van der Waals surface area contributed by atoms with Gasteiger partial charge >= 0.3 is 12.1 Å². The fourth-order valence-corrected chi connectivity index (χ4v) is 5.33. The van der Waals surface area contributed by atoms with E-state index >= 15 is 0 Å². The van der Waals surface area contributed by atoms with Gasteiger partial charge in [0.05, 0.1) is 37.6 Å². The number of nitrogens with zero attached hydrogens (tertiary/aromatic N) is 2. The van der Waals surface area contributed by atoms with Gasteiger partial charge in [-0.05, 0) is 76.3 Å². The highest BCUT2D eigenvalue weighted by Gasteiger charge is 2.34. The van der Waals surface area contributed by atoms with E-state index in [-0.39, 0.29) is 19.2 Å². The van der Waals surface area contributed by atoms with Crippen LogP contribution in [0.3, 0.4) is 0 Å². The zero-order valence-corrected chi connectivity index (χ0v) is 30.2. The molecule has 2 atom stereocenters. The molecule has 3 amide bonds. The van der Waals surface area contributed by atoms with Gasteiger partial charge in [0, 0.05) is 12.7 Å². The third-order valence-electron chi connectivity index (χ3n) is 7.93. The highest BCUT2D eigenvalue weighted by atomic mass is 16.6. The lowest BCUT2D eigenvalue weighted by Crippen LogP contribution is -2.59. The second-order valence-corrected chi connectivity index (χ2v) is 13.8. The molecule has 4 rings (SSSR count). The Hall–Kier alpha value is -5.23. The van der Waals surface area contributed by atoms with E-state index in [1.807, 2.05) is 72.8 Å². The van der Waals surface area contributed by atoms with E-state index in [9.17, 15) is 19.2 Å². The van der Waals surface area contributed by atoms with Crippen molar-refractivity contribution in [2.45, 2.75) is 90.6 Å². The van der Waals surface area contributed by atoms with Crippen LogP contribution >= 0.6 is 0 Å². The Morgan fingerprint density at radius 3 is 2.31 bits per heavy atom. The first-order valence-corrected chi connectivity index (χ1v) is 17.2. The number of hydrogen-bond acceptors (Lipinski definition) is 8. The fraction of sp³-hybridized carbons (Fsp3) is 0.410. The molecule has 3 N–H and O–H groups in total. The SMILES string of the molecule is CCOC(=O)C(CCCn1cc(NC(=O)[C@@H](COCc2ccccc2)NC(=O)C(C)(C)NC(=O)OC(C)(C)C)cn1)c1ccc2ccccc2c1.